The summed E-state index contributed by atoms with van der Waals surface area (Å²) >= 11 is 6.04. The van der Waals surface area contributed by atoms with Crippen molar-refractivity contribution in [1.82, 2.24) is 20.4 Å². The van der Waals surface area contributed by atoms with E-state index in [0.29, 0.717) is 18.2 Å². The molecule has 1 atom stereocenters. The van der Waals surface area contributed by atoms with Gasteiger partial charge in [0.05, 0.1) is 6.42 Å². The summed E-state index contributed by atoms with van der Waals surface area (Å²) in [6.07, 6.45) is 1.06. The summed E-state index contributed by atoms with van der Waals surface area (Å²) in [6, 6.07) is 13.2. The van der Waals surface area contributed by atoms with E-state index in [4.69, 9.17) is 16.0 Å². The zero-order chi connectivity index (χ0) is 24.1. The summed E-state index contributed by atoms with van der Waals surface area (Å²) < 4.78 is 18.6. The highest BCUT2D eigenvalue weighted by Gasteiger charge is 2.23. The molecule has 180 valence electrons. The molecule has 1 aromatic heterocycles. The Labute approximate surface area is 203 Å². The molecule has 1 fully saturated rings. The summed E-state index contributed by atoms with van der Waals surface area (Å²) in [4.78, 5) is 17.2. The van der Waals surface area contributed by atoms with Crippen molar-refractivity contribution in [3.8, 4) is 0 Å². The molecule has 2 aromatic carbocycles. The predicted octanol–water partition coefficient (Wildman–Crippen LogP) is 4.09. The predicted molar refractivity (Wildman–Crippen MR) is 130 cm³/mol. The summed E-state index contributed by atoms with van der Waals surface area (Å²) in [5.41, 5.74) is 3.20. The van der Waals surface area contributed by atoms with Gasteiger partial charge in [0.1, 0.15) is 5.82 Å². The van der Waals surface area contributed by atoms with Crippen LogP contribution >= 0.6 is 11.6 Å². The number of amides is 1. The fraction of sp³-hybridized carbons (Fsp3) is 0.400. The SMILES string of the molecule is Cc1cccc(N2CCN(CCCNC(=O)c3nnc(Cc4ccc(F)cc4Cl)o3)C[C@@H]2C)c1. The number of hydrogen-bond acceptors (Lipinski definition) is 6. The van der Waals surface area contributed by atoms with Crippen molar-refractivity contribution in [3.63, 3.8) is 0 Å². The Morgan fingerprint density at radius 1 is 1.24 bits per heavy atom. The maximum Gasteiger partial charge on any atom is 0.308 e. The topological polar surface area (TPSA) is 74.5 Å². The molecule has 1 amide bonds. The van der Waals surface area contributed by atoms with E-state index in [1.807, 2.05) is 0 Å². The van der Waals surface area contributed by atoms with Crippen LogP contribution in [0.2, 0.25) is 5.02 Å². The number of carbonyl (C=O) groups excluding carboxylic acids is 1. The van der Waals surface area contributed by atoms with Crippen molar-refractivity contribution in [1.29, 1.82) is 0 Å². The Hall–Kier alpha value is -2.97. The molecule has 1 aliphatic heterocycles. The Bertz CT molecular complexity index is 1140. The first-order chi connectivity index (χ1) is 16.4. The fourth-order valence-electron chi connectivity index (χ4n) is 4.25. The Kier molecular flexibility index (Phi) is 7.80. The number of carbonyl (C=O) groups is 1. The molecule has 0 saturated carbocycles. The third kappa shape index (κ3) is 6.12. The first-order valence-electron chi connectivity index (χ1n) is 11.5. The van der Waals surface area contributed by atoms with Gasteiger partial charge in [-0.05, 0) is 62.2 Å². The molecular weight excluding hydrogens is 457 g/mol. The Morgan fingerprint density at radius 2 is 2.09 bits per heavy atom. The molecule has 0 spiro atoms. The first-order valence-corrected chi connectivity index (χ1v) is 11.9. The van der Waals surface area contributed by atoms with Gasteiger partial charge < -0.3 is 14.6 Å². The van der Waals surface area contributed by atoms with Crippen LogP contribution in [-0.2, 0) is 6.42 Å². The zero-order valence-electron chi connectivity index (χ0n) is 19.4. The average Bonchev–Trinajstić information content (AvgIpc) is 3.27. The van der Waals surface area contributed by atoms with Gasteiger partial charge in [-0.15, -0.1) is 10.2 Å². The van der Waals surface area contributed by atoms with Crippen LogP contribution in [0.4, 0.5) is 10.1 Å². The van der Waals surface area contributed by atoms with Gasteiger partial charge in [-0.1, -0.05) is 29.8 Å². The number of benzene rings is 2. The van der Waals surface area contributed by atoms with E-state index in [9.17, 15) is 9.18 Å². The molecule has 34 heavy (non-hydrogen) atoms. The normalized spacial score (nSPS) is 16.6. The number of nitrogens with zero attached hydrogens (tertiary/aromatic N) is 4. The van der Waals surface area contributed by atoms with Crippen molar-refractivity contribution in [2.45, 2.75) is 32.7 Å². The van der Waals surface area contributed by atoms with E-state index >= 15 is 0 Å². The molecule has 2 heterocycles. The van der Waals surface area contributed by atoms with Gasteiger partial charge in [0.2, 0.25) is 5.89 Å². The van der Waals surface area contributed by atoms with E-state index in [0.717, 1.165) is 32.6 Å². The van der Waals surface area contributed by atoms with Gasteiger partial charge >= 0.3 is 11.8 Å². The minimum Gasteiger partial charge on any atom is -0.417 e. The van der Waals surface area contributed by atoms with Gasteiger partial charge in [0.15, 0.2) is 0 Å². The van der Waals surface area contributed by atoms with Gasteiger partial charge in [-0.25, -0.2) is 4.39 Å². The lowest BCUT2D eigenvalue weighted by Crippen LogP contribution is -2.52. The number of halogens is 2. The van der Waals surface area contributed by atoms with Crippen LogP contribution in [0.15, 0.2) is 46.9 Å². The van der Waals surface area contributed by atoms with Crippen LogP contribution in [0, 0.1) is 12.7 Å². The second-order valence-electron chi connectivity index (χ2n) is 8.70. The van der Waals surface area contributed by atoms with Crippen LogP contribution in [0.5, 0.6) is 0 Å². The molecule has 4 rings (SSSR count). The van der Waals surface area contributed by atoms with Gasteiger partial charge in [0.25, 0.3) is 0 Å². The summed E-state index contributed by atoms with van der Waals surface area (Å²) in [6.45, 7) is 8.76. The molecule has 9 heteroatoms. The summed E-state index contributed by atoms with van der Waals surface area (Å²) in [5.74, 6) is -0.656. The first kappa shape index (κ1) is 24.2. The molecule has 1 N–H and O–H groups in total. The van der Waals surface area contributed by atoms with Crippen LogP contribution < -0.4 is 10.2 Å². The Morgan fingerprint density at radius 3 is 2.85 bits per heavy atom. The molecule has 7 nitrogen and oxygen atoms in total. The monoisotopic (exact) mass is 485 g/mol. The molecule has 3 aromatic rings. The molecule has 1 aliphatic rings. The second-order valence-corrected chi connectivity index (χ2v) is 9.11. The minimum absolute atomic E-state index is 0.0892. The second kappa shape index (κ2) is 11.0. The molecule has 1 saturated heterocycles. The van der Waals surface area contributed by atoms with E-state index in [2.05, 4.69) is 63.4 Å². The minimum atomic E-state index is -0.415. The highest BCUT2D eigenvalue weighted by Crippen LogP contribution is 2.22. The number of piperazine rings is 1. The third-order valence-corrected chi connectivity index (χ3v) is 6.35. The van der Waals surface area contributed by atoms with E-state index in [1.54, 1.807) is 6.07 Å². The van der Waals surface area contributed by atoms with Crippen LogP contribution in [0.25, 0.3) is 0 Å². The number of hydrogen-bond donors (Lipinski definition) is 1. The van der Waals surface area contributed by atoms with Crippen molar-refractivity contribution >= 4 is 23.2 Å². The van der Waals surface area contributed by atoms with Crippen LogP contribution in [0.1, 0.15) is 41.0 Å². The number of nitrogens with one attached hydrogen (secondary N) is 1. The van der Waals surface area contributed by atoms with Gasteiger partial charge in [0, 0.05) is 42.9 Å². The van der Waals surface area contributed by atoms with Crippen molar-refractivity contribution in [2.24, 2.45) is 0 Å². The number of rotatable bonds is 8. The third-order valence-electron chi connectivity index (χ3n) is 6.00. The van der Waals surface area contributed by atoms with Gasteiger partial charge in [-0.3, -0.25) is 9.69 Å². The largest absolute Gasteiger partial charge is 0.417 e. The van der Waals surface area contributed by atoms with Crippen LogP contribution in [0.3, 0.4) is 0 Å². The van der Waals surface area contributed by atoms with E-state index in [1.165, 1.54) is 23.4 Å². The molecule has 0 unspecified atom stereocenters. The van der Waals surface area contributed by atoms with Crippen molar-refractivity contribution in [2.75, 3.05) is 37.6 Å². The van der Waals surface area contributed by atoms with Crippen molar-refractivity contribution < 1.29 is 13.6 Å². The average molecular weight is 486 g/mol. The molecule has 0 radical (unpaired) electrons. The lowest BCUT2D eigenvalue weighted by Gasteiger charge is -2.41. The molecule has 0 bridgehead atoms. The highest BCUT2D eigenvalue weighted by atomic mass is 35.5. The lowest BCUT2D eigenvalue weighted by molar-refractivity contribution is 0.0914. The van der Waals surface area contributed by atoms with Gasteiger partial charge in [-0.2, -0.15) is 0 Å². The quantitative estimate of drug-likeness (QED) is 0.484. The summed E-state index contributed by atoms with van der Waals surface area (Å²) in [5, 5.41) is 10.8. The molecular formula is C25H29ClFN5O2. The fourth-order valence-corrected chi connectivity index (χ4v) is 4.49. The number of aryl methyl sites for hydroxylation is 1. The maximum atomic E-state index is 13.2. The maximum absolute atomic E-state index is 13.2. The number of aromatic nitrogens is 2. The van der Waals surface area contributed by atoms with E-state index in [-0.39, 0.29) is 23.2 Å². The summed E-state index contributed by atoms with van der Waals surface area (Å²) in [7, 11) is 0. The van der Waals surface area contributed by atoms with E-state index < -0.39 is 11.7 Å². The Balaban J connectivity index is 1.19. The highest BCUT2D eigenvalue weighted by molar-refractivity contribution is 6.31. The standard InChI is InChI=1S/C25H29ClFN5O2/c1-17-5-3-6-21(13-17)32-12-11-31(16-18(32)2)10-4-9-28-24(33)25-30-29-23(34-25)14-19-7-8-20(27)15-22(19)26/h3,5-8,13,15,18H,4,9-12,14,16H2,1-2H3,(H,28,33)/t18-/m0/s1. The number of anilines is 1. The van der Waals surface area contributed by atoms with Crippen molar-refractivity contribution in [3.05, 3.63) is 76.2 Å². The lowest BCUT2D eigenvalue weighted by atomic mass is 10.1. The van der Waals surface area contributed by atoms with Crippen LogP contribution in [-0.4, -0.2) is 59.8 Å². The zero-order valence-corrected chi connectivity index (χ0v) is 20.2. The smallest absolute Gasteiger partial charge is 0.308 e. The molecule has 0 aliphatic carbocycles.